The number of benzene rings is 2. The molecule has 43 heavy (non-hydrogen) atoms. The minimum Gasteiger partial charge on any atom is -0.451 e. The topological polar surface area (TPSA) is 135 Å². The summed E-state index contributed by atoms with van der Waals surface area (Å²) in [5.74, 6) is -4.70. The average molecular weight is 597 g/mol. The number of furan rings is 1. The van der Waals surface area contributed by atoms with Gasteiger partial charge < -0.3 is 19.8 Å². The summed E-state index contributed by atoms with van der Waals surface area (Å²) in [6.45, 7) is -3.08. The smallest absolute Gasteiger partial charge is 0.387 e. The first-order valence-corrected chi connectivity index (χ1v) is 13.4. The fourth-order valence-corrected chi connectivity index (χ4v) is 5.19. The summed E-state index contributed by atoms with van der Waals surface area (Å²) in [4.78, 5) is 30.4. The quantitative estimate of drug-likeness (QED) is 0.269. The van der Waals surface area contributed by atoms with E-state index in [4.69, 9.17) is 9.15 Å². The molecule has 0 atom stereocenters. The van der Waals surface area contributed by atoms with E-state index in [0.29, 0.717) is 29.4 Å². The Bertz CT molecular complexity index is 1730. The number of nitrogens with zero attached hydrogens (tertiary/aromatic N) is 4. The molecule has 0 bridgehead atoms. The maximum atomic E-state index is 14.0. The second-order valence-electron chi connectivity index (χ2n) is 10.8. The van der Waals surface area contributed by atoms with E-state index in [2.05, 4.69) is 20.7 Å². The number of carbonyl (C=O) groups excluding carboxylic acids is 2. The number of halogens is 4. The SMILES string of the molecule is N#CC1(NC(=O)C2(NC(=O)c3cc4ccc(-c5ccc(-n6cncn6)c(OC(F)F)c5)cc4o3)CCC(F)(F)CC2)CC1. The first kappa shape index (κ1) is 28.2. The third-order valence-corrected chi connectivity index (χ3v) is 7.86. The van der Waals surface area contributed by atoms with Gasteiger partial charge in [-0.25, -0.2) is 18.4 Å². The number of aromatic nitrogens is 3. The number of nitriles is 1. The molecule has 222 valence electrons. The zero-order chi connectivity index (χ0) is 30.4. The molecule has 2 heterocycles. The van der Waals surface area contributed by atoms with Crippen LogP contribution in [0.1, 0.15) is 49.1 Å². The summed E-state index contributed by atoms with van der Waals surface area (Å²) < 4.78 is 66.1. The Morgan fingerprint density at radius 1 is 1.00 bits per heavy atom. The molecule has 2 amide bonds. The van der Waals surface area contributed by atoms with Crippen molar-refractivity contribution in [3.8, 4) is 28.6 Å². The summed E-state index contributed by atoms with van der Waals surface area (Å²) in [5.41, 5.74) is -1.07. The summed E-state index contributed by atoms with van der Waals surface area (Å²) >= 11 is 0. The maximum absolute atomic E-state index is 14.0. The third-order valence-electron chi connectivity index (χ3n) is 7.86. The number of hydrogen-bond acceptors (Lipinski definition) is 7. The van der Waals surface area contributed by atoms with Crippen molar-refractivity contribution in [3.63, 3.8) is 0 Å². The van der Waals surface area contributed by atoms with Crippen molar-refractivity contribution < 1.29 is 36.3 Å². The molecule has 6 rings (SSSR count). The first-order valence-electron chi connectivity index (χ1n) is 13.4. The predicted molar refractivity (Wildman–Crippen MR) is 143 cm³/mol. The predicted octanol–water partition coefficient (Wildman–Crippen LogP) is 5.13. The molecule has 14 heteroatoms. The van der Waals surface area contributed by atoms with Crippen molar-refractivity contribution in [1.29, 1.82) is 5.26 Å². The molecule has 0 saturated heterocycles. The lowest BCUT2D eigenvalue weighted by Gasteiger charge is -2.39. The molecule has 0 spiro atoms. The van der Waals surface area contributed by atoms with Crippen LogP contribution in [-0.2, 0) is 4.79 Å². The summed E-state index contributed by atoms with van der Waals surface area (Å²) in [6.07, 6.45) is 1.67. The number of carbonyl (C=O) groups is 2. The van der Waals surface area contributed by atoms with Gasteiger partial charge in [0.2, 0.25) is 11.8 Å². The van der Waals surface area contributed by atoms with Gasteiger partial charge in [-0.15, -0.1) is 0 Å². The van der Waals surface area contributed by atoms with Crippen molar-refractivity contribution in [2.24, 2.45) is 0 Å². The Labute approximate surface area is 241 Å². The van der Waals surface area contributed by atoms with Gasteiger partial charge in [-0.2, -0.15) is 19.1 Å². The van der Waals surface area contributed by atoms with Gasteiger partial charge >= 0.3 is 6.61 Å². The van der Waals surface area contributed by atoms with Gasteiger partial charge in [0.15, 0.2) is 11.5 Å². The third kappa shape index (κ3) is 5.62. The van der Waals surface area contributed by atoms with Crippen LogP contribution in [0.2, 0.25) is 0 Å². The zero-order valence-electron chi connectivity index (χ0n) is 22.4. The second-order valence-corrected chi connectivity index (χ2v) is 10.8. The Balaban J connectivity index is 1.27. The number of fused-ring (bicyclic) bond motifs is 1. The number of ether oxygens (including phenoxy) is 1. The van der Waals surface area contributed by atoms with Gasteiger partial charge in [-0.1, -0.05) is 18.2 Å². The second kappa shape index (κ2) is 10.4. The highest BCUT2D eigenvalue weighted by molar-refractivity contribution is 6.01. The normalized spacial score (nSPS) is 18.1. The molecule has 2 fully saturated rings. The number of nitrogens with one attached hydrogen (secondary N) is 2. The molecule has 0 aliphatic heterocycles. The lowest BCUT2D eigenvalue weighted by molar-refractivity contribution is -0.133. The van der Waals surface area contributed by atoms with Crippen LogP contribution < -0.4 is 15.4 Å². The van der Waals surface area contributed by atoms with Gasteiger partial charge in [-0.05, 0) is 61.1 Å². The highest BCUT2D eigenvalue weighted by Crippen LogP contribution is 2.41. The van der Waals surface area contributed by atoms with Crippen LogP contribution >= 0.6 is 0 Å². The number of hydrogen-bond donors (Lipinski definition) is 2. The van der Waals surface area contributed by atoms with Crippen molar-refractivity contribution in [1.82, 2.24) is 25.4 Å². The molecule has 2 saturated carbocycles. The van der Waals surface area contributed by atoms with Gasteiger partial charge in [0.25, 0.3) is 5.91 Å². The standard InChI is InChI=1S/C29H24F4N6O4/c30-26(31)43-22-12-18(3-4-20(22)39-16-35-15-36-39)17-1-2-19-13-23(42-21(19)11-17)24(40)37-28(7-9-29(32,33)10-8-28)25(41)38-27(14-34)5-6-27/h1-4,11-13,15-16,26H,5-10H2,(H,37,40)(H,38,41). The van der Waals surface area contributed by atoms with E-state index in [1.807, 2.05) is 6.07 Å². The van der Waals surface area contributed by atoms with Gasteiger partial charge in [0, 0.05) is 18.2 Å². The average Bonchev–Trinajstić information content (AvgIpc) is 3.33. The molecule has 2 aliphatic rings. The van der Waals surface area contributed by atoms with Gasteiger partial charge in [0.1, 0.15) is 35.0 Å². The van der Waals surface area contributed by atoms with Crippen LogP contribution in [0.15, 0.2) is 59.5 Å². The Morgan fingerprint density at radius 2 is 1.72 bits per heavy atom. The minimum atomic E-state index is -3.08. The Morgan fingerprint density at radius 3 is 2.37 bits per heavy atom. The zero-order valence-corrected chi connectivity index (χ0v) is 22.4. The lowest BCUT2D eigenvalue weighted by Crippen LogP contribution is -2.62. The Kier molecular flexibility index (Phi) is 6.83. The largest absolute Gasteiger partial charge is 0.451 e. The van der Waals surface area contributed by atoms with Crippen molar-refractivity contribution >= 4 is 22.8 Å². The fourth-order valence-electron chi connectivity index (χ4n) is 5.19. The monoisotopic (exact) mass is 596 g/mol. The van der Waals surface area contributed by atoms with E-state index in [1.165, 1.54) is 29.5 Å². The van der Waals surface area contributed by atoms with E-state index in [0.717, 1.165) is 0 Å². The molecule has 0 unspecified atom stereocenters. The molecule has 2 aromatic carbocycles. The van der Waals surface area contributed by atoms with Crippen LogP contribution in [0.4, 0.5) is 17.6 Å². The van der Waals surface area contributed by atoms with E-state index in [-0.39, 0.29) is 35.6 Å². The number of rotatable bonds is 8. The molecule has 0 radical (unpaired) electrons. The van der Waals surface area contributed by atoms with Crippen molar-refractivity contribution in [3.05, 3.63) is 60.9 Å². The molecule has 2 N–H and O–H groups in total. The summed E-state index contributed by atoms with van der Waals surface area (Å²) in [5, 5.41) is 19.1. The van der Waals surface area contributed by atoms with E-state index < -0.39 is 48.3 Å². The van der Waals surface area contributed by atoms with Crippen LogP contribution in [0.3, 0.4) is 0 Å². The van der Waals surface area contributed by atoms with E-state index in [1.54, 1.807) is 30.3 Å². The molecule has 2 aliphatic carbocycles. The number of alkyl halides is 4. The molecular weight excluding hydrogens is 572 g/mol. The van der Waals surface area contributed by atoms with Crippen LogP contribution in [-0.4, -0.2) is 50.2 Å². The Hall–Kier alpha value is -4.93. The summed E-state index contributed by atoms with van der Waals surface area (Å²) in [7, 11) is 0. The van der Waals surface area contributed by atoms with Crippen molar-refractivity contribution in [2.75, 3.05) is 0 Å². The molecule has 4 aromatic rings. The highest BCUT2D eigenvalue weighted by atomic mass is 19.3. The number of amides is 2. The van der Waals surface area contributed by atoms with Gasteiger partial charge in [-0.3, -0.25) is 9.59 Å². The highest BCUT2D eigenvalue weighted by Gasteiger charge is 2.53. The summed E-state index contributed by atoms with van der Waals surface area (Å²) in [6, 6.07) is 13.1. The molecule has 10 nitrogen and oxygen atoms in total. The molecular formula is C29H24F4N6O4. The minimum absolute atomic E-state index is 0.136. The maximum Gasteiger partial charge on any atom is 0.387 e. The van der Waals surface area contributed by atoms with Gasteiger partial charge in [0.05, 0.1) is 6.07 Å². The van der Waals surface area contributed by atoms with Crippen LogP contribution in [0.25, 0.3) is 27.8 Å². The lowest BCUT2D eigenvalue weighted by atomic mass is 9.78. The van der Waals surface area contributed by atoms with E-state index >= 15 is 0 Å². The van der Waals surface area contributed by atoms with Crippen LogP contribution in [0, 0.1) is 11.3 Å². The molecule has 2 aromatic heterocycles. The van der Waals surface area contributed by atoms with Crippen molar-refractivity contribution in [2.45, 2.75) is 62.1 Å². The van der Waals surface area contributed by atoms with Crippen LogP contribution in [0.5, 0.6) is 5.75 Å². The first-order chi connectivity index (χ1) is 20.5. The fraction of sp³-hybridized carbons (Fsp3) is 0.345. The van der Waals surface area contributed by atoms with E-state index in [9.17, 15) is 32.4 Å².